The van der Waals surface area contributed by atoms with E-state index in [0.717, 1.165) is 5.56 Å². The van der Waals surface area contributed by atoms with Gasteiger partial charge in [0.2, 0.25) is 0 Å². The fourth-order valence-corrected chi connectivity index (χ4v) is 1.77. The lowest BCUT2D eigenvalue weighted by atomic mass is 9.94. The molecule has 0 heterocycles. The van der Waals surface area contributed by atoms with E-state index >= 15 is 0 Å². The summed E-state index contributed by atoms with van der Waals surface area (Å²) < 4.78 is 5.22. The summed E-state index contributed by atoms with van der Waals surface area (Å²) >= 11 is 5.93. The Hall–Kier alpha value is -1.48. The zero-order valence-corrected chi connectivity index (χ0v) is 10.8. The fraction of sp³-hybridized carbons (Fsp3) is 0.308. The van der Waals surface area contributed by atoms with Gasteiger partial charge in [-0.15, -0.1) is 0 Å². The molecule has 0 saturated heterocycles. The van der Waals surface area contributed by atoms with Crippen LogP contribution in [0.4, 0.5) is 0 Å². The van der Waals surface area contributed by atoms with Crippen molar-refractivity contribution in [2.75, 3.05) is 7.11 Å². The molecule has 0 aliphatic carbocycles. The Balaban J connectivity index is 3.36. The van der Waals surface area contributed by atoms with Crippen LogP contribution < -0.4 is 4.74 Å². The van der Waals surface area contributed by atoms with Crippen LogP contribution in [0.2, 0.25) is 5.02 Å². The summed E-state index contributed by atoms with van der Waals surface area (Å²) in [4.78, 5) is 10.8. The van der Waals surface area contributed by atoms with Crippen molar-refractivity contribution in [2.45, 2.75) is 13.8 Å². The Labute approximate surface area is 106 Å². The summed E-state index contributed by atoms with van der Waals surface area (Å²) in [5.74, 6) is -0.287. The minimum atomic E-state index is -0.976. The highest BCUT2D eigenvalue weighted by atomic mass is 35.5. The van der Waals surface area contributed by atoms with Crippen molar-refractivity contribution in [3.63, 3.8) is 0 Å². The maximum absolute atomic E-state index is 10.8. The molecular formula is C13H15ClO3. The topological polar surface area (TPSA) is 46.5 Å². The normalized spacial score (nSPS) is 11.7. The first-order valence-electron chi connectivity index (χ1n) is 5.24. The molecule has 92 valence electrons. The monoisotopic (exact) mass is 254 g/mol. The Morgan fingerprint density at radius 2 is 2.12 bits per heavy atom. The minimum absolute atomic E-state index is 0.0680. The molecule has 0 unspecified atom stereocenters. The molecule has 0 fully saturated rings. The standard InChI is InChI=1S/C13H15ClO3/c1-8(2)10(7-13(15)16)11-6-9(14)4-5-12(11)17-3/h4-8H,1-3H3,(H,15,16)/b10-7+. The van der Waals surface area contributed by atoms with E-state index in [0.29, 0.717) is 16.3 Å². The number of ether oxygens (including phenoxy) is 1. The van der Waals surface area contributed by atoms with Gasteiger partial charge in [0.25, 0.3) is 0 Å². The second kappa shape index (κ2) is 5.73. The number of carboxylic acids is 1. The van der Waals surface area contributed by atoms with Crippen molar-refractivity contribution in [3.05, 3.63) is 34.9 Å². The van der Waals surface area contributed by atoms with Gasteiger partial charge in [-0.1, -0.05) is 25.4 Å². The molecule has 0 aromatic heterocycles. The molecule has 0 aliphatic heterocycles. The zero-order valence-electron chi connectivity index (χ0n) is 10.0. The number of hydrogen-bond acceptors (Lipinski definition) is 2. The summed E-state index contributed by atoms with van der Waals surface area (Å²) in [5, 5.41) is 9.43. The van der Waals surface area contributed by atoms with Crippen LogP contribution in [-0.4, -0.2) is 18.2 Å². The van der Waals surface area contributed by atoms with Crippen LogP contribution in [0.1, 0.15) is 19.4 Å². The number of benzene rings is 1. The largest absolute Gasteiger partial charge is 0.496 e. The van der Waals surface area contributed by atoms with Gasteiger partial charge in [-0.25, -0.2) is 4.79 Å². The van der Waals surface area contributed by atoms with Crippen molar-refractivity contribution in [1.29, 1.82) is 0 Å². The van der Waals surface area contributed by atoms with Crippen molar-refractivity contribution < 1.29 is 14.6 Å². The molecule has 1 aromatic carbocycles. The molecule has 1 N–H and O–H groups in total. The third-order valence-corrected chi connectivity index (χ3v) is 2.61. The number of halogens is 1. The quantitative estimate of drug-likeness (QED) is 0.837. The number of allylic oxidation sites excluding steroid dienone is 1. The molecule has 0 radical (unpaired) electrons. The molecule has 1 aromatic rings. The Morgan fingerprint density at radius 3 is 2.59 bits per heavy atom. The second-order valence-corrected chi connectivity index (χ2v) is 4.37. The van der Waals surface area contributed by atoms with E-state index in [-0.39, 0.29) is 5.92 Å². The van der Waals surface area contributed by atoms with E-state index in [9.17, 15) is 4.79 Å². The van der Waals surface area contributed by atoms with E-state index in [1.165, 1.54) is 6.08 Å². The SMILES string of the molecule is COc1ccc(Cl)cc1/C(=C/C(=O)O)C(C)C. The highest BCUT2D eigenvalue weighted by molar-refractivity contribution is 6.30. The minimum Gasteiger partial charge on any atom is -0.496 e. The molecular weight excluding hydrogens is 240 g/mol. The van der Waals surface area contributed by atoms with Crippen LogP contribution in [-0.2, 0) is 4.79 Å². The number of carbonyl (C=O) groups is 1. The number of carboxylic acid groups (broad SMARTS) is 1. The predicted molar refractivity (Wildman–Crippen MR) is 68.5 cm³/mol. The molecule has 17 heavy (non-hydrogen) atoms. The van der Waals surface area contributed by atoms with E-state index in [2.05, 4.69) is 0 Å². The Morgan fingerprint density at radius 1 is 1.47 bits per heavy atom. The van der Waals surface area contributed by atoms with Crippen LogP contribution in [0.15, 0.2) is 24.3 Å². The van der Waals surface area contributed by atoms with Gasteiger partial charge < -0.3 is 9.84 Å². The van der Waals surface area contributed by atoms with Gasteiger partial charge in [-0.3, -0.25) is 0 Å². The lowest BCUT2D eigenvalue weighted by molar-refractivity contribution is -0.131. The van der Waals surface area contributed by atoms with Gasteiger partial charge >= 0.3 is 5.97 Å². The van der Waals surface area contributed by atoms with Crippen molar-refractivity contribution >= 4 is 23.1 Å². The maximum atomic E-state index is 10.8. The molecule has 1 rings (SSSR count). The first kappa shape index (κ1) is 13.6. The molecule has 0 spiro atoms. The van der Waals surface area contributed by atoms with Gasteiger partial charge in [-0.2, -0.15) is 0 Å². The summed E-state index contributed by atoms with van der Waals surface area (Å²) in [6.45, 7) is 3.85. The Bertz CT molecular complexity index is 450. The lowest BCUT2D eigenvalue weighted by Gasteiger charge is -2.15. The highest BCUT2D eigenvalue weighted by Crippen LogP contribution is 2.33. The van der Waals surface area contributed by atoms with E-state index in [1.807, 2.05) is 13.8 Å². The smallest absolute Gasteiger partial charge is 0.328 e. The number of methoxy groups -OCH3 is 1. The number of aliphatic carboxylic acids is 1. The summed E-state index contributed by atoms with van der Waals surface area (Å²) in [7, 11) is 1.55. The molecule has 0 amide bonds. The van der Waals surface area contributed by atoms with Crippen LogP contribution >= 0.6 is 11.6 Å². The first-order valence-corrected chi connectivity index (χ1v) is 5.62. The van der Waals surface area contributed by atoms with Crippen molar-refractivity contribution in [2.24, 2.45) is 5.92 Å². The van der Waals surface area contributed by atoms with Gasteiger partial charge in [0, 0.05) is 16.7 Å². The van der Waals surface area contributed by atoms with Crippen LogP contribution in [0.3, 0.4) is 0 Å². The highest BCUT2D eigenvalue weighted by Gasteiger charge is 2.14. The second-order valence-electron chi connectivity index (χ2n) is 3.94. The number of rotatable bonds is 4. The number of hydrogen-bond donors (Lipinski definition) is 1. The molecule has 0 aliphatic rings. The van der Waals surface area contributed by atoms with Gasteiger partial charge in [-0.05, 0) is 29.7 Å². The van der Waals surface area contributed by atoms with Gasteiger partial charge in [0.1, 0.15) is 5.75 Å². The summed E-state index contributed by atoms with van der Waals surface area (Å²) in [6, 6.07) is 5.16. The molecule has 0 bridgehead atoms. The Kier molecular flexibility index (Phi) is 4.58. The molecule has 0 saturated carbocycles. The fourth-order valence-electron chi connectivity index (χ4n) is 1.59. The molecule has 3 nitrogen and oxygen atoms in total. The van der Waals surface area contributed by atoms with Crippen LogP contribution in [0, 0.1) is 5.92 Å². The summed E-state index contributed by atoms with van der Waals surface area (Å²) in [5.41, 5.74) is 1.41. The average molecular weight is 255 g/mol. The van der Waals surface area contributed by atoms with Crippen molar-refractivity contribution in [1.82, 2.24) is 0 Å². The summed E-state index contributed by atoms with van der Waals surface area (Å²) in [6.07, 6.45) is 1.19. The van der Waals surface area contributed by atoms with Crippen LogP contribution in [0.5, 0.6) is 5.75 Å². The third-order valence-electron chi connectivity index (χ3n) is 2.37. The van der Waals surface area contributed by atoms with E-state index in [1.54, 1.807) is 25.3 Å². The zero-order chi connectivity index (χ0) is 13.0. The maximum Gasteiger partial charge on any atom is 0.328 e. The van der Waals surface area contributed by atoms with Crippen molar-refractivity contribution in [3.8, 4) is 5.75 Å². The van der Waals surface area contributed by atoms with Gasteiger partial charge in [0.15, 0.2) is 0 Å². The third kappa shape index (κ3) is 3.49. The van der Waals surface area contributed by atoms with E-state index < -0.39 is 5.97 Å². The van der Waals surface area contributed by atoms with Gasteiger partial charge in [0.05, 0.1) is 7.11 Å². The lowest BCUT2D eigenvalue weighted by Crippen LogP contribution is -2.01. The molecule has 4 heteroatoms. The first-order chi connectivity index (χ1) is 7.95. The molecule has 0 atom stereocenters. The van der Waals surface area contributed by atoms with Crippen LogP contribution in [0.25, 0.3) is 5.57 Å². The predicted octanol–water partition coefficient (Wildman–Crippen LogP) is 3.47. The average Bonchev–Trinajstić information content (AvgIpc) is 2.25. The van der Waals surface area contributed by atoms with E-state index in [4.69, 9.17) is 21.4 Å².